The van der Waals surface area contributed by atoms with E-state index in [1.165, 1.54) is 42.0 Å². The number of nitrogens with two attached hydrogens (primary N) is 1. The first kappa shape index (κ1) is 24.6. The first-order valence-corrected chi connectivity index (χ1v) is 10.4. The Balaban J connectivity index is 0.000000271. The van der Waals surface area contributed by atoms with Gasteiger partial charge in [0.1, 0.15) is 29.3 Å². The van der Waals surface area contributed by atoms with Crippen LogP contribution in [0.3, 0.4) is 0 Å². The maximum atomic E-state index is 13.3. The molecule has 0 saturated heterocycles. The van der Waals surface area contributed by atoms with Gasteiger partial charge in [-0.15, -0.1) is 0 Å². The van der Waals surface area contributed by atoms with E-state index in [-0.39, 0.29) is 47.2 Å². The van der Waals surface area contributed by atoms with E-state index < -0.39 is 5.91 Å². The fourth-order valence-corrected chi connectivity index (χ4v) is 3.04. The zero-order valence-electron chi connectivity index (χ0n) is 18.9. The van der Waals surface area contributed by atoms with Gasteiger partial charge >= 0.3 is 0 Å². The van der Waals surface area contributed by atoms with Crippen molar-refractivity contribution in [3.63, 3.8) is 0 Å². The van der Waals surface area contributed by atoms with Crippen molar-refractivity contribution < 1.29 is 18.4 Å². The molecule has 1 atom stereocenters. The average Bonchev–Trinajstić information content (AvgIpc) is 3.28. The van der Waals surface area contributed by atoms with Gasteiger partial charge in [0.15, 0.2) is 5.78 Å². The third-order valence-corrected chi connectivity index (χ3v) is 4.92. The van der Waals surface area contributed by atoms with E-state index in [1.807, 2.05) is 6.92 Å². The molecule has 0 aliphatic rings. The standard InChI is InChI=1S/C16H14FN5O2.C8H10FN/c1-9-5-11(3-4-12(9)17)7-18-15(24)13-6-14(10(2)23)22-16(21-13)19-8-20-22;1-6(10)7-2-4-8(9)5-3-7/h3-6,8H,7H2,1-2H3,(H,18,24);2-6H,10H2,1H3/t;6-/m.0/s1. The van der Waals surface area contributed by atoms with Crippen molar-refractivity contribution in [2.75, 3.05) is 0 Å². The van der Waals surface area contributed by atoms with Gasteiger partial charge in [-0.25, -0.2) is 13.8 Å². The lowest BCUT2D eigenvalue weighted by molar-refractivity contribution is 0.0946. The molecule has 0 fully saturated rings. The largest absolute Gasteiger partial charge is 0.347 e. The van der Waals surface area contributed by atoms with E-state index in [2.05, 4.69) is 20.4 Å². The molecule has 2 aromatic carbocycles. The van der Waals surface area contributed by atoms with Crippen LogP contribution in [0.2, 0.25) is 0 Å². The highest BCUT2D eigenvalue weighted by Gasteiger charge is 2.15. The second-order valence-electron chi connectivity index (χ2n) is 7.66. The highest BCUT2D eigenvalue weighted by molar-refractivity contribution is 5.98. The Labute approximate surface area is 194 Å². The Kier molecular flexibility index (Phi) is 7.75. The van der Waals surface area contributed by atoms with Crippen molar-refractivity contribution in [3.05, 3.63) is 94.6 Å². The topological polar surface area (TPSA) is 115 Å². The van der Waals surface area contributed by atoms with Gasteiger partial charge < -0.3 is 11.1 Å². The lowest BCUT2D eigenvalue weighted by Crippen LogP contribution is -2.25. The lowest BCUT2D eigenvalue weighted by atomic mass is 10.1. The maximum Gasteiger partial charge on any atom is 0.270 e. The van der Waals surface area contributed by atoms with Crippen molar-refractivity contribution in [1.82, 2.24) is 24.9 Å². The van der Waals surface area contributed by atoms with Crippen molar-refractivity contribution in [2.45, 2.75) is 33.4 Å². The molecule has 4 rings (SSSR count). The summed E-state index contributed by atoms with van der Waals surface area (Å²) in [7, 11) is 0. The number of rotatable bonds is 5. The first-order chi connectivity index (χ1) is 16.2. The van der Waals surface area contributed by atoms with Crippen LogP contribution < -0.4 is 11.1 Å². The fourth-order valence-electron chi connectivity index (χ4n) is 3.04. The van der Waals surface area contributed by atoms with Gasteiger partial charge in [-0.2, -0.15) is 14.6 Å². The number of hydrogen-bond acceptors (Lipinski definition) is 6. The zero-order chi connectivity index (χ0) is 24.8. The van der Waals surface area contributed by atoms with Crippen LogP contribution in [0, 0.1) is 18.6 Å². The summed E-state index contributed by atoms with van der Waals surface area (Å²) in [5.74, 6) is -1.05. The number of amides is 1. The number of aryl methyl sites for hydroxylation is 1. The second-order valence-corrected chi connectivity index (χ2v) is 7.66. The number of ketones is 1. The first-order valence-electron chi connectivity index (χ1n) is 10.4. The van der Waals surface area contributed by atoms with E-state index in [1.54, 1.807) is 31.2 Å². The van der Waals surface area contributed by atoms with Crippen LogP contribution in [0.5, 0.6) is 0 Å². The Hall–Kier alpha value is -4.05. The fraction of sp³-hybridized carbons (Fsp3) is 0.208. The van der Waals surface area contributed by atoms with Crippen molar-refractivity contribution in [1.29, 1.82) is 0 Å². The van der Waals surface area contributed by atoms with Gasteiger partial charge in [-0.3, -0.25) is 9.59 Å². The molecular weight excluding hydrogens is 442 g/mol. The monoisotopic (exact) mass is 466 g/mol. The third-order valence-electron chi connectivity index (χ3n) is 4.92. The van der Waals surface area contributed by atoms with Gasteiger partial charge in [0.2, 0.25) is 0 Å². The van der Waals surface area contributed by atoms with Gasteiger partial charge in [0, 0.05) is 19.5 Å². The molecule has 0 radical (unpaired) electrons. The summed E-state index contributed by atoms with van der Waals surface area (Å²) >= 11 is 0. The summed E-state index contributed by atoms with van der Waals surface area (Å²) in [4.78, 5) is 32.0. The lowest BCUT2D eigenvalue weighted by Gasteiger charge is -2.07. The maximum absolute atomic E-state index is 13.3. The Morgan fingerprint density at radius 3 is 2.44 bits per heavy atom. The Morgan fingerprint density at radius 2 is 1.82 bits per heavy atom. The quantitative estimate of drug-likeness (QED) is 0.435. The summed E-state index contributed by atoms with van der Waals surface area (Å²) in [6, 6.07) is 12.2. The number of aromatic nitrogens is 4. The molecule has 1 amide bonds. The van der Waals surface area contributed by atoms with Gasteiger partial charge in [0.25, 0.3) is 11.7 Å². The van der Waals surface area contributed by atoms with Crippen LogP contribution in [0.4, 0.5) is 8.78 Å². The minimum Gasteiger partial charge on any atom is -0.347 e. The van der Waals surface area contributed by atoms with Crippen molar-refractivity contribution in [3.8, 4) is 0 Å². The summed E-state index contributed by atoms with van der Waals surface area (Å²) in [6.45, 7) is 5.11. The molecule has 10 heteroatoms. The summed E-state index contributed by atoms with van der Waals surface area (Å²) in [5.41, 5.74) is 8.06. The van der Waals surface area contributed by atoms with E-state index >= 15 is 0 Å². The number of nitrogens with one attached hydrogen (secondary N) is 1. The molecular formula is C24H24F2N6O2. The zero-order valence-corrected chi connectivity index (χ0v) is 18.9. The molecule has 0 saturated carbocycles. The van der Waals surface area contributed by atoms with Crippen LogP contribution in [-0.4, -0.2) is 31.3 Å². The molecule has 4 aromatic rings. The predicted octanol–water partition coefficient (Wildman–Crippen LogP) is 3.55. The molecule has 0 bridgehead atoms. The van der Waals surface area contributed by atoms with Crippen LogP contribution in [0.1, 0.15) is 57.6 Å². The Morgan fingerprint density at radius 1 is 1.12 bits per heavy atom. The number of carbonyl (C=O) groups is 2. The molecule has 3 N–H and O–H groups in total. The van der Waals surface area contributed by atoms with E-state index in [0.29, 0.717) is 5.56 Å². The SMILES string of the molecule is CC(=O)c1cc(C(=O)NCc2ccc(F)c(C)c2)nc2ncnn12.C[C@H](N)c1ccc(F)cc1. The molecule has 0 unspecified atom stereocenters. The average molecular weight is 466 g/mol. The van der Waals surface area contributed by atoms with Crippen LogP contribution in [-0.2, 0) is 6.54 Å². The number of nitrogens with zero attached hydrogens (tertiary/aromatic N) is 4. The van der Waals surface area contributed by atoms with Gasteiger partial charge in [-0.05, 0) is 54.8 Å². The summed E-state index contributed by atoms with van der Waals surface area (Å²) < 4.78 is 26.8. The number of benzene rings is 2. The number of halogens is 2. The minimum absolute atomic E-state index is 0.0133. The Bertz CT molecular complexity index is 1320. The van der Waals surface area contributed by atoms with Gasteiger partial charge in [-0.1, -0.05) is 24.3 Å². The molecule has 0 spiro atoms. The van der Waals surface area contributed by atoms with Crippen molar-refractivity contribution in [2.24, 2.45) is 5.73 Å². The van der Waals surface area contributed by atoms with E-state index in [4.69, 9.17) is 5.73 Å². The molecule has 176 valence electrons. The normalized spacial score (nSPS) is 11.5. The van der Waals surface area contributed by atoms with Crippen LogP contribution in [0.15, 0.2) is 54.9 Å². The summed E-state index contributed by atoms with van der Waals surface area (Å²) in [6.07, 6.45) is 1.26. The summed E-state index contributed by atoms with van der Waals surface area (Å²) in [5, 5.41) is 6.60. The van der Waals surface area contributed by atoms with E-state index in [9.17, 15) is 18.4 Å². The highest BCUT2D eigenvalue weighted by atomic mass is 19.1. The smallest absolute Gasteiger partial charge is 0.270 e. The van der Waals surface area contributed by atoms with Crippen molar-refractivity contribution >= 4 is 17.5 Å². The minimum atomic E-state index is -0.454. The van der Waals surface area contributed by atoms with E-state index in [0.717, 1.165) is 11.1 Å². The molecule has 0 aliphatic heterocycles. The number of carbonyl (C=O) groups excluding carboxylic acids is 2. The predicted molar refractivity (Wildman–Crippen MR) is 122 cm³/mol. The van der Waals surface area contributed by atoms with Crippen LogP contribution >= 0.6 is 0 Å². The number of hydrogen-bond donors (Lipinski definition) is 2. The third kappa shape index (κ3) is 6.04. The number of Topliss-reactive ketones (excluding diaryl/α,β-unsaturated/α-hetero) is 1. The highest BCUT2D eigenvalue weighted by Crippen LogP contribution is 2.11. The molecule has 2 aromatic heterocycles. The molecule has 2 heterocycles. The second kappa shape index (κ2) is 10.7. The number of fused-ring (bicyclic) bond motifs is 1. The van der Waals surface area contributed by atoms with Gasteiger partial charge in [0.05, 0.1) is 0 Å². The molecule has 8 nitrogen and oxygen atoms in total. The molecule has 0 aliphatic carbocycles. The molecule has 34 heavy (non-hydrogen) atoms. The van der Waals surface area contributed by atoms with Crippen LogP contribution in [0.25, 0.3) is 5.78 Å².